The van der Waals surface area contributed by atoms with Gasteiger partial charge in [-0.05, 0) is 103 Å². The van der Waals surface area contributed by atoms with Crippen LogP contribution in [0.25, 0.3) is 0 Å². The van der Waals surface area contributed by atoms with E-state index in [-0.39, 0.29) is 37.5 Å². The molecule has 0 aliphatic heterocycles. The zero-order valence-electron chi connectivity index (χ0n) is 47.6. The fourth-order valence-electron chi connectivity index (χ4n) is 8.28. The number of unbranched alkanes of at least 4 members (excludes halogenated alkanes) is 25. The van der Waals surface area contributed by atoms with Crippen molar-refractivity contribution in [3.63, 3.8) is 0 Å². The number of hydrogen-bond acceptors (Lipinski definition) is 6. The Labute approximate surface area is 450 Å². The van der Waals surface area contributed by atoms with Gasteiger partial charge in [-0.2, -0.15) is 0 Å². The van der Waals surface area contributed by atoms with Crippen LogP contribution in [0, 0.1) is 0 Å². The summed E-state index contributed by atoms with van der Waals surface area (Å²) in [6, 6.07) is 0. The first-order chi connectivity index (χ1) is 36.0. The monoisotopic (exact) mass is 1010 g/mol. The molecule has 6 heteroatoms. The van der Waals surface area contributed by atoms with Crippen LogP contribution in [0.2, 0.25) is 0 Å². The summed E-state index contributed by atoms with van der Waals surface area (Å²) in [4.78, 5) is 37.8. The maximum absolute atomic E-state index is 12.8. The normalized spacial score (nSPS) is 12.9. The van der Waals surface area contributed by atoms with Crippen molar-refractivity contribution in [3.05, 3.63) is 109 Å². The van der Waals surface area contributed by atoms with Crippen LogP contribution in [-0.4, -0.2) is 37.2 Å². The highest BCUT2D eigenvalue weighted by Gasteiger charge is 2.19. The molecule has 416 valence electrons. The third kappa shape index (κ3) is 58.8. The molecule has 0 aliphatic carbocycles. The summed E-state index contributed by atoms with van der Waals surface area (Å²) < 4.78 is 16.7. The third-order valence-electron chi connectivity index (χ3n) is 12.8. The molecule has 0 heterocycles. The molecule has 0 fully saturated rings. The van der Waals surface area contributed by atoms with Crippen molar-refractivity contribution in [2.75, 3.05) is 13.2 Å². The van der Waals surface area contributed by atoms with Gasteiger partial charge in [0.1, 0.15) is 13.2 Å². The van der Waals surface area contributed by atoms with Crippen LogP contribution in [0.5, 0.6) is 0 Å². The van der Waals surface area contributed by atoms with Gasteiger partial charge in [0.15, 0.2) is 6.10 Å². The Balaban J connectivity index is 4.03. The predicted octanol–water partition coefficient (Wildman–Crippen LogP) is 20.7. The second kappa shape index (κ2) is 60.6. The minimum atomic E-state index is -0.792. The Morgan fingerprint density at radius 3 is 0.849 bits per heavy atom. The molecular formula is C67H112O6. The maximum atomic E-state index is 12.8. The molecule has 0 radical (unpaired) electrons. The first-order valence-corrected chi connectivity index (χ1v) is 30.4. The lowest BCUT2D eigenvalue weighted by molar-refractivity contribution is -0.167. The molecule has 0 N–H and O–H groups in total. The fraction of sp³-hybridized carbons (Fsp3) is 0.687. The third-order valence-corrected chi connectivity index (χ3v) is 12.8. The molecule has 6 nitrogen and oxygen atoms in total. The highest BCUT2D eigenvalue weighted by molar-refractivity contribution is 5.71. The van der Waals surface area contributed by atoms with Gasteiger partial charge in [-0.25, -0.2) is 0 Å². The quantitative estimate of drug-likeness (QED) is 0.0261. The Morgan fingerprint density at radius 2 is 0.534 bits per heavy atom. The summed E-state index contributed by atoms with van der Waals surface area (Å²) in [5.41, 5.74) is 0. The Bertz CT molecular complexity index is 1490. The van der Waals surface area contributed by atoms with Gasteiger partial charge in [-0.3, -0.25) is 14.4 Å². The first kappa shape index (κ1) is 69.1. The van der Waals surface area contributed by atoms with E-state index in [2.05, 4.69) is 130 Å². The lowest BCUT2D eigenvalue weighted by Gasteiger charge is -2.18. The van der Waals surface area contributed by atoms with Crippen LogP contribution in [0.15, 0.2) is 109 Å². The number of rotatable bonds is 54. The molecule has 0 bridgehead atoms. The van der Waals surface area contributed by atoms with Crippen molar-refractivity contribution in [2.45, 2.75) is 284 Å². The van der Waals surface area contributed by atoms with Gasteiger partial charge in [0.2, 0.25) is 0 Å². The standard InChI is InChI=1S/C67H112O6/c1-4-7-10-13-15-17-19-21-23-25-27-28-29-30-31-32-33-34-35-36-37-38-40-41-43-45-47-49-51-54-57-60-66(69)72-63-64(62-71-65(68)59-56-53-12-9-6-3)73-67(70)61-58-55-52-50-48-46-44-42-39-26-24-22-20-18-16-14-11-8-5-2/h7-8,10-11,15-18,21-24,27-28,39,42,46,48,64H,4-6,9,12-14,19-20,25-26,29-38,40-41,43-45,47,49-63H2,1-3H3/b10-7-,11-8-,17-15-,18-16-,23-21-,24-22-,28-27-,42-39-,48-46-. The van der Waals surface area contributed by atoms with Crippen molar-refractivity contribution < 1.29 is 28.6 Å². The van der Waals surface area contributed by atoms with E-state index in [4.69, 9.17) is 14.2 Å². The molecule has 0 aromatic carbocycles. The van der Waals surface area contributed by atoms with E-state index >= 15 is 0 Å². The van der Waals surface area contributed by atoms with Gasteiger partial charge in [-0.1, -0.05) is 265 Å². The predicted molar refractivity (Wildman–Crippen MR) is 316 cm³/mol. The second-order valence-corrected chi connectivity index (χ2v) is 19.9. The van der Waals surface area contributed by atoms with Crippen molar-refractivity contribution in [3.8, 4) is 0 Å². The molecule has 1 unspecified atom stereocenters. The second-order valence-electron chi connectivity index (χ2n) is 19.9. The molecule has 1 atom stereocenters. The summed E-state index contributed by atoms with van der Waals surface area (Å²) in [6.45, 7) is 6.31. The Morgan fingerprint density at radius 1 is 0.288 bits per heavy atom. The van der Waals surface area contributed by atoms with E-state index in [9.17, 15) is 14.4 Å². The molecule has 73 heavy (non-hydrogen) atoms. The molecule has 0 aromatic rings. The SMILES string of the molecule is CC/C=C\C/C=C\C/C=C\C/C=C\C/C=C\CCCCCC(=O)OC(COC(=O)CCCCCCC)COC(=O)CCCCCCCCCCCCCCCCCCCC/C=C\C/C=C\C/C=C\C/C=C\CC. The van der Waals surface area contributed by atoms with Crippen LogP contribution in [0.4, 0.5) is 0 Å². The minimum absolute atomic E-state index is 0.0902. The molecule has 0 saturated heterocycles. The summed E-state index contributed by atoms with van der Waals surface area (Å²) in [7, 11) is 0. The first-order valence-electron chi connectivity index (χ1n) is 30.4. The Kier molecular flexibility index (Phi) is 57.4. The Hall–Kier alpha value is -3.93. The molecule has 0 spiro atoms. The van der Waals surface area contributed by atoms with Crippen molar-refractivity contribution in [1.29, 1.82) is 0 Å². The van der Waals surface area contributed by atoms with Gasteiger partial charge in [0.25, 0.3) is 0 Å². The van der Waals surface area contributed by atoms with Crippen LogP contribution >= 0.6 is 0 Å². The zero-order chi connectivity index (χ0) is 52.9. The largest absolute Gasteiger partial charge is 0.462 e. The van der Waals surface area contributed by atoms with Gasteiger partial charge in [0.05, 0.1) is 0 Å². The highest BCUT2D eigenvalue weighted by Crippen LogP contribution is 2.16. The summed E-state index contributed by atoms with van der Waals surface area (Å²) in [6.07, 6.45) is 82.9. The average Bonchev–Trinajstić information content (AvgIpc) is 3.39. The summed E-state index contributed by atoms with van der Waals surface area (Å²) in [5, 5.41) is 0. The van der Waals surface area contributed by atoms with Crippen molar-refractivity contribution in [1.82, 2.24) is 0 Å². The van der Waals surface area contributed by atoms with Crippen molar-refractivity contribution >= 4 is 17.9 Å². The zero-order valence-corrected chi connectivity index (χ0v) is 47.6. The van der Waals surface area contributed by atoms with Crippen LogP contribution in [-0.2, 0) is 28.6 Å². The molecule has 0 aliphatic rings. The minimum Gasteiger partial charge on any atom is -0.462 e. The number of hydrogen-bond donors (Lipinski definition) is 0. The van der Waals surface area contributed by atoms with Crippen LogP contribution < -0.4 is 0 Å². The number of esters is 3. The number of allylic oxidation sites excluding steroid dienone is 18. The fourth-order valence-corrected chi connectivity index (χ4v) is 8.28. The van der Waals surface area contributed by atoms with Gasteiger partial charge in [-0.15, -0.1) is 0 Å². The van der Waals surface area contributed by atoms with Gasteiger partial charge in [0, 0.05) is 19.3 Å². The average molecular weight is 1010 g/mol. The van der Waals surface area contributed by atoms with Gasteiger partial charge < -0.3 is 14.2 Å². The van der Waals surface area contributed by atoms with E-state index in [1.807, 2.05) is 0 Å². The van der Waals surface area contributed by atoms with E-state index in [0.29, 0.717) is 12.8 Å². The van der Waals surface area contributed by atoms with Crippen molar-refractivity contribution in [2.24, 2.45) is 0 Å². The highest BCUT2D eigenvalue weighted by atomic mass is 16.6. The van der Waals surface area contributed by atoms with E-state index < -0.39 is 6.10 Å². The lowest BCUT2D eigenvalue weighted by atomic mass is 10.0. The van der Waals surface area contributed by atoms with Crippen LogP contribution in [0.1, 0.15) is 278 Å². The van der Waals surface area contributed by atoms with Crippen LogP contribution in [0.3, 0.4) is 0 Å². The number of carbonyl (C=O) groups is 3. The topological polar surface area (TPSA) is 78.9 Å². The van der Waals surface area contributed by atoms with Gasteiger partial charge >= 0.3 is 17.9 Å². The number of ether oxygens (including phenoxy) is 3. The van der Waals surface area contributed by atoms with E-state index in [0.717, 1.165) is 128 Å². The molecule has 0 amide bonds. The maximum Gasteiger partial charge on any atom is 0.306 e. The lowest BCUT2D eigenvalue weighted by Crippen LogP contribution is -2.30. The molecular weight excluding hydrogens is 901 g/mol. The van der Waals surface area contributed by atoms with E-state index in [1.165, 1.54) is 109 Å². The summed E-state index contributed by atoms with van der Waals surface area (Å²) >= 11 is 0. The summed E-state index contributed by atoms with van der Waals surface area (Å²) in [5.74, 6) is -0.933. The number of carbonyl (C=O) groups excluding carboxylic acids is 3. The molecule has 0 saturated carbocycles. The van der Waals surface area contributed by atoms with E-state index in [1.54, 1.807) is 0 Å². The smallest absolute Gasteiger partial charge is 0.306 e. The molecule has 0 aromatic heterocycles. The molecule has 0 rings (SSSR count).